The number of pyridine rings is 1. The molecular formula is C21H13ClF3N3O3S. The van der Waals surface area contributed by atoms with Gasteiger partial charge >= 0.3 is 6.18 Å². The molecule has 1 aromatic heterocycles. The van der Waals surface area contributed by atoms with Crippen molar-refractivity contribution in [1.82, 2.24) is 4.98 Å². The van der Waals surface area contributed by atoms with E-state index in [1.54, 1.807) is 24.3 Å². The van der Waals surface area contributed by atoms with Gasteiger partial charge in [-0.05, 0) is 54.1 Å². The molecule has 1 heterocycles. The summed E-state index contributed by atoms with van der Waals surface area (Å²) in [6.07, 6.45) is -1.22. The van der Waals surface area contributed by atoms with E-state index in [9.17, 15) is 28.1 Å². The Hall–Kier alpha value is -3.37. The highest BCUT2D eigenvalue weighted by Crippen LogP contribution is 2.34. The summed E-state index contributed by atoms with van der Waals surface area (Å²) in [5.41, 5.74) is -0.249. The summed E-state index contributed by atoms with van der Waals surface area (Å²) in [5, 5.41) is 14.5. The third kappa shape index (κ3) is 6.32. The second kappa shape index (κ2) is 9.84. The number of nitro groups is 1. The number of carbonyl (C=O) groups excluding carboxylic acids is 1. The van der Waals surface area contributed by atoms with Gasteiger partial charge in [-0.3, -0.25) is 14.9 Å². The van der Waals surface area contributed by atoms with Crippen LogP contribution in [0.4, 0.5) is 24.5 Å². The van der Waals surface area contributed by atoms with Gasteiger partial charge in [0.05, 0.1) is 10.5 Å². The van der Waals surface area contributed by atoms with Crippen LogP contribution < -0.4 is 5.32 Å². The van der Waals surface area contributed by atoms with Crippen LogP contribution in [0.15, 0.2) is 76.8 Å². The molecule has 0 atom stereocenters. The van der Waals surface area contributed by atoms with Gasteiger partial charge in [-0.1, -0.05) is 23.4 Å². The monoisotopic (exact) mass is 479 g/mol. The smallest absolute Gasteiger partial charge is 0.323 e. The standard InChI is InChI=1S/C21H13ClF3N3O3S/c22-15-3-5-16(6-4-15)27-19(29)9-1-13-11-17(28(30)31)7-8-18(13)32-20-10-2-14(12-26-20)21(23,24)25/h1-12H,(H,27,29). The lowest BCUT2D eigenvalue weighted by atomic mass is 10.2. The number of aromatic nitrogens is 1. The van der Waals surface area contributed by atoms with Gasteiger partial charge in [0.15, 0.2) is 0 Å². The lowest BCUT2D eigenvalue weighted by Gasteiger charge is -2.08. The van der Waals surface area contributed by atoms with E-state index in [1.807, 2.05) is 0 Å². The zero-order valence-electron chi connectivity index (χ0n) is 16.0. The predicted octanol–water partition coefficient (Wildman–Crippen LogP) is 6.47. The number of nitrogens with zero attached hydrogens (tertiary/aromatic N) is 2. The summed E-state index contributed by atoms with van der Waals surface area (Å²) in [7, 11) is 0. The third-order valence-corrected chi connectivity index (χ3v) is 5.30. The van der Waals surface area contributed by atoms with E-state index in [1.165, 1.54) is 36.4 Å². The summed E-state index contributed by atoms with van der Waals surface area (Å²) < 4.78 is 38.2. The maximum Gasteiger partial charge on any atom is 0.417 e. The molecule has 0 fully saturated rings. The maximum atomic E-state index is 12.7. The molecule has 0 bridgehead atoms. The first-order valence-electron chi connectivity index (χ1n) is 8.86. The summed E-state index contributed by atoms with van der Waals surface area (Å²) >= 11 is 6.81. The quantitative estimate of drug-likeness (QED) is 0.249. The molecule has 6 nitrogen and oxygen atoms in total. The predicted molar refractivity (Wildman–Crippen MR) is 116 cm³/mol. The van der Waals surface area contributed by atoms with Crippen LogP contribution in [0.25, 0.3) is 6.08 Å². The van der Waals surface area contributed by atoms with Crippen molar-refractivity contribution in [1.29, 1.82) is 0 Å². The molecule has 3 rings (SSSR count). The summed E-state index contributed by atoms with van der Waals surface area (Å²) in [4.78, 5) is 27.0. The molecule has 0 aliphatic carbocycles. The lowest BCUT2D eigenvalue weighted by Crippen LogP contribution is -2.07. The molecule has 1 amide bonds. The highest BCUT2D eigenvalue weighted by molar-refractivity contribution is 7.99. The number of anilines is 1. The van der Waals surface area contributed by atoms with Crippen LogP contribution in [-0.4, -0.2) is 15.8 Å². The molecule has 0 unspecified atom stereocenters. The zero-order valence-corrected chi connectivity index (χ0v) is 17.5. The van der Waals surface area contributed by atoms with Gasteiger partial charge in [0.2, 0.25) is 5.91 Å². The van der Waals surface area contributed by atoms with E-state index in [0.717, 1.165) is 17.8 Å². The van der Waals surface area contributed by atoms with E-state index < -0.39 is 22.6 Å². The van der Waals surface area contributed by atoms with Gasteiger partial charge in [0.25, 0.3) is 5.69 Å². The SMILES string of the molecule is O=C(C=Cc1cc([N+](=O)[O-])ccc1Sc1ccc(C(F)(F)F)cn1)Nc1ccc(Cl)cc1. The molecular weight excluding hydrogens is 467 g/mol. The molecule has 0 saturated carbocycles. The van der Waals surface area contributed by atoms with Crippen LogP contribution in [0, 0.1) is 10.1 Å². The minimum absolute atomic E-state index is 0.201. The van der Waals surface area contributed by atoms with Crippen molar-refractivity contribution in [2.45, 2.75) is 16.1 Å². The van der Waals surface area contributed by atoms with E-state index in [2.05, 4.69) is 10.3 Å². The van der Waals surface area contributed by atoms with Crippen LogP contribution in [0.3, 0.4) is 0 Å². The van der Waals surface area contributed by atoms with Crippen molar-refractivity contribution < 1.29 is 22.9 Å². The fraction of sp³-hybridized carbons (Fsp3) is 0.0476. The second-order valence-corrected chi connectivity index (χ2v) is 7.79. The van der Waals surface area contributed by atoms with Gasteiger partial charge < -0.3 is 5.32 Å². The van der Waals surface area contributed by atoms with Crippen molar-refractivity contribution in [3.05, 3.63) is 93.1 Å². The van der Waals surface area contributed by atoms with Crippen molar-refractivity contribution >= 4 is 46.7 Å². The molecule has 0 aliphatic rings. The minimum atomic E-state index is -4.51. The summed E-state index contributed by atoms with van der Waals surface area (Å²) in [6.45, 7) is 0. The largest absolute Gasteiger partial charge is 0.417 e. The number of hydrogen-bond acceptors (Lipinski definition) is 5. The molecule has 32 heavy (non-hydrogen) atoms. The molecule has 3 aromatic rings. The molecule has 1 N–H and O–H groups in total. The summed E-state index contributed by atoms with van der Waals surface area (Å²) in [5.74, 6) is -0.484. The van der Waals surface area contributed by atoms with E-state index >= 15 is 0 Å². The number of alkyl halides is 3. The van der Waals surface area contributed by atoms with Gasteiger partial charge in [-0.15, -0.1) is 0 Å². The average molecular weight is 480 g/mol. The number of carbonyl (C=O) groups is 1. The average Bonchev–Trinajstić information content (AvgIpc) is 2.74. The normalized spacial score (nSPS) is 11.5. The Bertz CT molecular complexity index is 1170. The fourth-order valence-electron chi connectivity index (χ4n) is 2.48. The van der Waals surface area contributed by atoms with Crippen molar-refractivity contribution in [2.24, 2.45) is 0 Å². The zero-order chi connectivity index (χ0) is 23.3. The fourth-order valence-corrected chi connectivity index (χ4v) is 3.45. The number of non-ortho nitro benzene ring substituents is 1. The molecule has 0 spiro atoms. The van der Waals surface area contributed by atoms with Gasteiger partial charge in [-0.25, -0.2) is 4.98 Å². The van der Waals surface area contributed by atoms with Crippen molar-refractivity contribution in [3.8, 4) is 0 Å². The first-order valence-corrected chi connectivity index (χ1v) is 10.1. The minimum Gasteiger partial charge on any atom is -0.323 e. The van der Waals surface area contributed by atoms with Crippen LogP contribution >= 0.6 is 23.4 Å². The first-order chi connectivity index (χ1) is 15.1. The van der Waals surface area contributed by atoms with Crippen LogP contribution in [-0.2, 0) is 11.0 Å². The van der Waals surface area contributed by atoms with Crippen LogP contribution in [0.2, 0.25) is 5.02 Å². The topological polar surface area (TPSA) is 85.1 Å². The van der Waals surface area contributed by atoms with Crippen molar-refractivity contribution in [2.75, 3.05) is 5.32 Å². The highest BCUT2D eigenvalue weighted by atomic mass is 35.5. The van der Waals surface area contributed by atoms with E-state index in [4.69, 9.17) is 11.6 Å². The molecule has 11 heteroatoms. The molecule has 2 aromatic carbocycles. The van der Waals surface area contributed by atoms with E-state index in [-0.39, 0.29) is 10.7 Å². The number of rotatable bonds is 6. The molecule has 0 saturated heterocycles. The Morgan fingerprint density at radius 1 is 1.12 bits per heavy atom. The second-order valence-electron chi connectivity index (χ2n) is 6.29. The Balaban J connectivity index is 1.82. The van der Waals surface area contributed by atoms with E-state index in [0.29, 0.717) is 27.4 Å². The van der Waals surface area contributed by atoms with Crippen LogP contribution in [0.5, 0.6) is 0 Å². The lowest BCUT2D eigenvalue weighted by molar-refractivity contribution is -0.384. The Labute approximate surface area is 189 Å². The number of halogens is 4. The van der Waals surface area contributed by atoms with Gasteiger partial charge in [0.1, 0.15) is 5.03 Å². The number of amides is 1. The summed E-state index contributed by atoms with van der Waals surface area (Å²) in [6, 6.07) is 12.5. The Morgan fingerprint density at radius 2 is 1.84 bits per heavy atom. The molecule has 0 aliphatic heterocycles. The maximum absolute atomic E-state index is 12.7. The first kappa shape index (κ1) is 23.3. The van der Waals surface area contributed by atoms with Crippen molar-refractivity contribution in [3.63, 3.8) is 0 Å². The molecule has 164 valence electrons. The van der Waals surface area contributed by atoms with Gasteiger partial charge in [0, 0.05) is 40.0 Å². The Kier molecular flexibility index (Phi) is 7.16. The number of benzene rings is 2. The van der Waals surface area contributed by atoms with Crippen LogP contribution in [0.1, 0.15) is 11.1 Å². The number of hydrogen-bond donors (Lipinski definition) is 1. The Morgan fingerprint density at radius 3 is 2.44 bits per heavy atom. The van der Waals surface area contributed by atoms with Gasteiger partial charge in [-0.2, -0.15) is 13.2 Å². The number of nitrogens with one attached hydrogen (secondary N) is 1. The number of nitro benzene ring substituents is 1. The highest BCUT2D eigenvalue weighted by Gasteiger charge is 2.30. The molecule has 0 radical (unpaired) electrons. The third-order valence-electron chi connectivity index (χ3n) is 4.01.